The minimum atomic E-state index is 2.34. The van der Waals surface area contributed by atoms with Crippen molar-refractivity contribution in [1.82, 2.24) is 0 Å². The normalized spacial score (nSPS) is 8.40. The molecule has 0 aliphatic heterocycles. The maximum atomic E-state index is 10.1. The molecule has 0 atom stereocenters. The fourth-order valence-electron chi connectivity index (χ4n) is 0.00972. The van der Waals surface area contributed by atoms with Crippen molar-refractivity contribution in [2.45, 2.75) is 0 Å². The van der Waals surface area contributed by atoms with E-state index in [9.17, 15) is 4.53 Å². The second kappa shape index (κ2) is 4.10. The van der Waals surface area contributed by atoms with Gasteiger partial charge in [-0.3, -0.25) is 0 Å². The van der Waals surface area contributed by atoms with Crippen LogP contribution in [0.4, 0.5) is 4.53 Å². The highest BCUT2D eigenvalue weighted by Gasteiger charge is 1.72. The third kappa shape index (κ3) is 4.10. The summed E-state index contributed by atoms with van der Waals surface area (Å²) < 4.78 is 13.1. The molecule has 0 unspecified atom stereocenters. The maximum Gasteiger partial charge on any atom is 0.103 e. The molecule has 0 fully saturated rings. The van der Waals surface area contributed by atoms with Gasteiger partial charge in [-0.15, -0.1) is 0 Å². The van der Waals surface area contributed by atoms with Gasteiger partial charge in [0.25, 0.3) is 0 Å². The standard InChI is InChI=1S/ClFO3/c1-3-5-4-2. The molecule has 0 spiro atoms. The molecule has 0 saturated carbocycles. The highest BCUT2D eigenvalue weighted by molar-refractivity contribution is 6.06. The average Bonchev–Trinajstić information content (AvgIpc) is 1.41. The predicted molar refractivity (Wildman–Crippen MR) is 10.2 cm³/mol. The molecular weight excluding hydrogens is 102 g/mol. The minimum Gasteiger partial charge on any atom is -0.0867 e. The van der Waals surface area contributed by atoms with Crippen LogP contribution in [0.25, 0.3) is 0 Å². The van der Waals surface area contributed by atoms with E-state index in [4.69, 9.17) is 0 Å². The summed E-state index contributed by atoms with van der Waals surface area (Å²) in [5.74, 6) is 0. The molecule has 0 bridgehead atoms. The molecule has 0 N–H and O–H groups in total. The van der Waals surface area contributed by atoms with Gasteiger partial charge < -0.3 is 0 Å². The SMILES string of the molecule is FOOOCl. The monoisotopic (exact) mass is 102 g/mol. The van der Waals surface area contributed by atoms with Crippen LogP contribution < -0.4 is 0 Å². The molecule has 5 heavy (non-hydrogen) atoms. The van der Waals surface area contributed by atoms with Gasteiger partial charge in [0.05, 0.1) is 0 Å². The largest absolute Gasteiger partial charge is 0.103 e. The highest BCUT2D eigenvalue weighted by atomic mass is 35.5. The van der Waals surface area contributed by atoms with Gasteiger partial charge in [-0.2, -0.15) is 0 Å². The molecule has 0 amide bonds. The summed E-state index contributed by atoms with van der Waals surface area (Å²) in [5.41, 5.74) is 0. The summed E-state index contributed by atoms with van der Waals surface area (Å²) in [4.78, 5) is 0. The van der Waals surface area contributed by atoms with Crippen LogP contribution in [0.5, 0.6) is 0 Å². The summed E-state index contributed by atoms with van der Waals surface area (Å²) in [6, 6.07) is 0. The van der Waals surface area contributed by atoms with Crippen LogP contribution in [-0.4, -0.2) is 0 Å². The molecule has 0 aromatic heterocycles. The first-order valence-corrected chi connectivity index (χ1v) is 0.951. The molecule has 0 saturated heterocycles. The smallest absolute Gasteiger partial charge is 0.0867 e. The van der Waals surface area contributed by atoms with Crippen LogP contribution >= 0.6 is 11.9 Å². The highest BCUT2D eigenvalue weighted by Crippen LogP contribution is 1.81. The van der Waals surface area contributed by atoms with E-state index in [1.807, 2.05) is 0 Å². The fourth-order valence-corrected chi connectivity index (χ4v) is 0.0292. The second-order valence-corrected chi connectivity index (χ2v) is 0.320. The predicted octanol–water partition coefficient (Wildman–Crippen LogP) is 0.904. The number of hydrogen-bond donors (Lipinski definition) is 0. The van der Waals surface area contributed by atoms with E-state index in [0.717, 1.165) is 0 Å². The Morgan fingerprint density at radius 2 is 2.20 bits per heavy atom. The molecule has 5 heteroatoms. The first-order valence-electron chi connectivity index (χ1n) is 0.642. The molecule has 0 heterocycles. The third-order valence-corrected chi connectivity index (χ3v) is 0.103. The van der Waals surface area contributed by atoms with Crippen LogP contribution in [0.3, 0.4) is 0 Å². The number of hydrogen-bond acceptors (Lipinski definition) is 3. The lowest BCUT2D eigenvalue weighted by Crippen LogP contribution is -1.72. The van der Waals surface area contributed by atoms with E-state index in [0.29, 0.717) is 0 Å². The van der Waals surface area contributed by atoms with E-state index in [-0.39, 0.29) is 0 Å². The summed E-state index contributed by atoms with van der Waals surface area (Å²) in [6.45, 7) is 0. The number of rotatable bonds is 2. The average molecular weight is 102 g/mol. The van der Waals surface area contributed by atoms with E-state index < -0.39 is 0 Å². The van der Waals surface area contributed by atoms with Crippen molar-refractivity contribution in [1.29, 1.82) is 0 Å². The summed E-state index contributed by atoms with van der Waals surface area (Å²) in [7, 11) is 0. The van der Waals surface area contributed by atoms with Crippen molar-refractivity contribution in [2.75, 3.05) is 0 Å². The van der Waals surface area contributed by atoms with Crippen LogP contribution in [0, 0.1) is 0 Å². The van der Waals surface area contributed by atoms with Gasteiger partial charge in [0.2, 0.25) is 0 Å². The maximum absolute atomic E-state index is 10.1. The quantitative estimate of drug-likeness (QED) is 0.383. The second-order valence-electron chi connectivity index (χ2n) is 0.194. The Morgan fingerprint density at radius 3 is 2.20 bits per heavy atom. The van der Waals surface area contributed by atoms with Crippen LogP contribution in [0.1, 0.15) is 0 Å². The summed E-state index contributed by atoms with van der Waals surface area (Å²) in [6.07, 6.45) is 0. The van der Waals surface area contributed by atoms with Crippen molar-refractivity contribution in [2.24, 2.45) is 0 Å². The van der Waals surface area contributed by atoms with E-state index >= 15 is 0 Å². The Balaban J connectivity index is 2.19. The molecule has 0 aromatic carbocycles. The molecule has 0 aromatic rings. The molecule has 0 rings (SSSR count). The Morgan fingerprint density at radius 1 is 1.60 bits per heavy atom. The van der Waals surface area contributed by atoms with Crippen molar-refractivity contribution in [3.63, 3.8) is 0 Å². The molecule has 0 radical (unpaired) electrons. The zero-order chi connectivity index (χ0) is 4.12. The first kappa shape index (κ1) is 5.10. The zero-order valence-electron chi connectivity index (χ0n) is 1.98. The lowest BCUT2D eigenvalue weighted by molar-refractivity contribution is -0.553. The van der Waals surface area contributed by atoms with Gasteiger partial charge in [0.1, 0.15) is 11.9 Å². The van der Waals surface area contributed by atoms with Gasteiger partial charge >= 0.3 is 0 Å². The third-order valence-electron chi connectivity index (χ3n) is 0.0514. The topological polar surface area (TPSA) is 27.7 Å². The van der Waals surface area contributed by atoms with Gasteiger partial charge in [0, 0.05) is 5.09 Å². The Hall–Kier alpha value is 0.1000. The molecule has 32 valence electrons. The van der Waals surface area contributed by atoms with Gasteiger partial charge in [-0.25, -0.2) is 0 Å². The van der Waals surface area contributed by atoms with Crippen molar-refractivity contribution < 1.29 is 19.1 Å². The van der Waals surface area contributed by atoms with Gasteiger partial charge in [-0.05, 0) is 9.56 Å². The minimum absolute atomic E-state index is 2.34. The van der Waals surface area contributed by atoms with E-state index in [2.05, 4.69) is 26.4 Å². The Kier molecular flexibility index (Phi) is 4.18. The van der Waals surface area contributed by atoms with Gasteiger partial charge in [0.15, 0.2) is 0 Å². The first-order chi connectivity index (χ1) is 2.41. The van der Waals surface area contributed by atoms with Crippen LogP contribution in [0.2, 0.25) is 0 Å². The Labute approximate surface area is 32.1 Å². The van der Waals surface area contributed by atoms with E-state index in [1.165, 1.54) is 0 Å². The lowest BCUT2D eigenvalue weighted by Gasteiger charge is -1.75. The summed E-state index contributed by atoms with van der Waals surface area (Å²) >= 11 is 4.21. The van der Waals surface area contributed by atoms with Crippen molar-refractivity contribution in [3.05, 3.63) is 0 Å². The van der Waals surface area contributed by atoms with Crippen molar-refractivity contribution in [3.8, 4) is 0 Å². The Bertz CT molecular complexity index is 14.4. The lowest BCUT2D eigenvalue weighted by atomic mass is 14.5. The molecule has 3 nitrogen and oxygen atoms in total. The molecule has 0 aliphatic rings. The molecule has 0 aliphatic carbocycles. The number of halogens is 2. The van der Waals surface area contributed by atoms with Crippen LogP contribution in [0.15, 0.2) is 0 Å². The van der Waals surface area contributed by atoms with Gasteiger partial charge in [-0.1, -0.05) is 4.44 Å². The van der Waals surface area contributed by atoms with E-state index in [1.54, 1.807) is 0 Å². The van der Waals surface area contributed by atoms with Crippen LogP contribution in [-0.2, 0) is 14.6 Å². The molecular formula is ClFO3. The fraction of sp³-hybridized carbons (Fsp3) is 0. The zero-order valence-corrected chi connectivity index (χ0v) is 2.74. The van der Waals surface area contributed by atoms with Crippen molar-refractivity contribution >= 4 is 11.9 Å². The summed E-state index contributed by atoms with van der Waals surface area (Å²) in [5, 5.41) is 5.27.